The monoisotopic (exact) mass is 409 g/mol. The van der Waals surface area contributed by atoms with E-state index in [1.165, 1.54) is 38.1 Å². The summed E-state index contributed by atoms with van der Waals surface area (Å²) in [5.74, 6) is 0. The summed E-state index contributed by atoms with van der Waals surface area (Å²) in [6.07, 6.45) is 1.87. The molecule has 3 heteroatoms. The first-order chi connectivity index (χ1) is 15.9. The van der Waals surface area contributed by atoms with Gasteiger partial charge in [-0.15, -0.1) is 0 Å². The van der Waals surface area contributed by atoms with Crippen LogP contribution in [-0.4, -0.2) is 14.1 Å². The zero-order valence-electron chi connectivity index (χ0n) is 17.3. The van der Waals surface area contributed by atoms with Gasteiger partial charge in [0.25, 0.3) is 0 Å². The first-order valence-corrected chi connectivity index (χ1v) is 10.8. The molecule has 0 atom stereocenters. The van der Waals surface area contributed by atoms with E-state index in [4.69, 9.17) is 4.98 Å². The molecule has 7 aromatic rings. The first-order valence-electron chi connectivity index (χ1n) is 10.8. The van der Waals surface area contributed by atoms with Gasteiger partial charge in [-0.05, 0) is 48.5 Å². The minimum Gasteiger partial charge on any atom is -0.309 e. The highest BCUT2D eigenvalue weighted by Crippen LogP contribution is 2.34. The molecule has 0 fully saturated rings. The molecular formula is C29H19N3. The Morgan fingerprint density at radius 1 is 0.438 bits per heavy atom. The third-order valence-corrected chi connectivity index (χ3v) is 6.36. The van der Waals surface area contributed by atoms with E-state index in [1.54, 1.807) is 0 Å². The summed E-state index contributed by atoms with van der Waals surface area (Å²) in [4.78, 5) is 4.74. The summed E-state index contributed by atoms with van der Waals surface area (Å²) < 4.78 is 4.62. The van der Waals surface area contributed by atoms with Gasteiger partial charge in [0, 0.05) is 39.1 Å². The van der Waals surface area contributed by atoms with Crippen molar-refractivity contribution in [3.8, 4) is 11.4 Å². The SMILES string of the molecule is c1cc(-n2c3ccccc3c3ccccc32)cc(-n2c3ccccc3c3cccnc32)c1. The van der Waals surface area contributed by atoms with Crippen LogP contribution in [0.15, 0.2) is 115 Å². The maximum Gasteiger partial charge on any atom is 0.145 e. The lowest BCUT2D eigenvalue weighted by Gasteiger charge is -2.12. The number of pyridine rings is 1. The predicted octanol–water partition coefficient (Wildman–Crippen LogP) is 7.28. The van der Waals surface area contributed by atoms with Gasteiger partial charge in [0.1, 0.15) is 5.65 Å². The van der Waals surface area contributed by atoms with Gasteiger partial charge in [0.05, 0.1) is 16.6 Å². The van der Waals surface area contributed by atoms with Crippen LogP contribution in [0.2, 0.25) is 0 Å². The lowest BCUT2D eigenvalue weighted by Crippen LogP contribution is -1.99. The Bertz CT molecular complexity index is 1550. The molecule has 0 radical (unpaired) electrons. The lowest BCUT2D eigenvalue weighted by atomic mass is 10.2. The maximum atomic E-state index is 4.74. The number of hydrogen-bond acceptors (Lipinski definition) is 1. The number of benzene rings is 4. The van der Waals surface area contributed by atoms with E-state index in [0.717, 1.165) is 17.0 Å². The average Bonchev–Trinajstić information content (AvgIpc) is 3.37. The molecule has 0 bridgehead atoms. The predicted molar refractivity (Wildman–Crippen MR) is 133 cm³/mol. The van der Waals surface area contributed by atoms with Crippen molar-refractivity contribution in [2.75, 3.05) is 0 Å². The van der Waals surface area contributed by atoms with Crippen LogP contribution in [0.5, 0.6) is 0 Å². The highest BCUT2D eigenvalue weighted by molar-refractivity contribution is 6.09. The highest BCUT2D eigenvalue weighted by atomic mass is 15.1. The van der Waals surface area contributed by atoms with E-state index < -0.39 is 0 Å². The number of rotatable bonds is 2. The van der Waals surface area contributed by atoms with Gasteiger partial charge in [0.15, 0.2) is 0 Å². The van der Waals surface area contributed by atoms with Crippen molar-refractivity contribution in [2.45, 2.75) is 0 Å². The summed E-state index contributed by atoms with van der Waals surface area (Å²) >= 11 is 0. The fourth-order valence-corrected chi connectivity index (χ4v) is 5.03. The lowest BCUT2D eigenvalue weighted by molar-refractivity contribution is 1.11. The third kappa shape index (κ3) is 2.33. The zero-order chi connectivity index (χ0) is 21.1. The molecule has 3 heterocycles. The van der Waals surface area contributed by atoms with Crippen LogP contribution in [0.3, 0.4) is 0 Å². The summed E-state index contributed by atoms with van der Waals surface area (Å²) in [5.41, 5.74) is 6.82. The molecule has 3 nitrogen and oxygen atoms in total. The van der Waals surface area contributed by atoms with E-state index in [-0.39, 0.29) is 0 Å². The molecule has 32 heavy (non-hydrogen) atoms. The van der Waals surface area contributed by atoms with E-state index in [9.17, 15) is 0 Å². The summed E-state index contributed by atoms with van der Waals surface area (Å²) in [6, 6.07) is 38.7. The molecule has 0 saturated heterocycles. The van der Waals surface area contributed by atoms with Gasteiger partial charge < -0.3 is 4.57 Å². The van der Waals surface area contributed by atoms with Crippen molar-refractivity contribution in [1.29, 1.82) is 0 Å². The fraction of sp³-hybridized carbons (Fsp3) is 0. The topological polar surface area (TPSA) is 22.8 Å². The second-order valence-electron chi connectivity index (χ2n) is 8.12. The molecular weight excluding hydrogens is 390 g/mol. The van der Waals surface area contributed by atoms with Gasteiger partial charge in [-0.25, -0.2) is 4.98 Å². The van der Waals surface area contributed by atoms with Crippen molar-refractivity contribution < 1.29 is 0 Å². The second-order valence-corrected chi connectivity index (χ2v) is 8.12. The van der Waals surface area contributed by atoms with Crippen LogP contribution in [-0.2, 0) is 0 Å². The Hall–Kier alpha value is -4.37. The average molecular weight is 409 g/mol. The molecule has 0 aliphatic heterocycles. The molecule has 0 aliphatic rings. The van der Waals surface area contributed by atoms with Crippen LogP contribution >= 0.6 is 0 Å². The standard InChI is InChI=1S/C29H19N3/c1-4-15-26-22(11-1)23-12-2-5-16-27(23)31(26)20-9-7-10-21(19-20)32-28-17-6-3-13-24(28)25-14-8-18-30-29(25)32/h1-19H. The molecule has 7 rings (SSSR count). The van der Waals surface area contributed by atoms with E-state index in [0.29, 0.717) is 0 Å². The first kappa shape index (κ1) is 17.3. The molecule has 4 aromatic carbocycles. The van der Waals surface area contributed by atoms with Crippen LogP contribution in [0, 0.1) is 0 Å². The van der Waals surface area contributed by atoms with Gasteiger partial charge >= 0.3 is 0 Å². The third-order valence-electron chi connectivity index (χ3n) is 6.36. The molecule has 0 aliphatic carbocycles. The maximum absolute atomic E-state index is 4.74. The van der Waals surface area contributed by atoms with Gasteiger partial charge in [0.2, 0.25) is 0 Å². The summed E-state index contributed by atoms with van der Waals surface area (Å²) in [7, 11) is 0. The summed E-state index contributed by atoms with van der Waals surface area (Å²) in [5, 5.41) is 4.93. The van der Waals surface area contributed by atoms with Crippen molar-refractivity contribution in [2.24, 2.45) is 0 Å². The van der Waals surface area contributed by atoms with Crippen LogP contribution in [0.25, 0.3) is 55.1 Å². The quantitative estimate of drug-likeness (QED) is 0.294. The number of para-hydroxylation sites is 3. The van der Waals surface area contributed by atoms with Crippen LogP contribution < -0.4 is 0 Å². The van der Waals surface area contributed by atoms with E-state index >= 15 is 0 Å². The van der Waals surface area contributed by atoms with E-state index in [2.05, 4.69) is 112 Å². The Labute approximate surface area is 184 Å². The Kier molecular flexibility index (Phi) is 3.55. The minimum atomic E-state index is 0.980. The highest BCUT2D eigenvalue weighted by Gasteiger charge is 2.15. The minimum absolute atomic E-state index is 0.980. The Morgan fingerprint density at radius 2 is 0.938 bits per heavy atom. The Balaban J connectivity index is 1.55. The van der Waals surface area contributed by atoms with Crippen molar-refractivity contribution in [3.05, 3.63) is 115 Å². The smallest absolute Gasteiger partial charge is 0.145 e. The molecule has 0 amide bonds. The number of hydrogen-bond donors (Lipinski definition) is 0. The van der Waals surface area contributed by atoms with Gasteiger partial charge in [-0.1, -0.05) is 60.7 Å². The van der Waals surface area contributed by atoms with Crippen molar-refractivity contribution in [1.82, 2.24) is 14.1 Å². The summed E-state index contributed by atoms with van der Waals surface area (Å²) in [6.45, 7) is 0. The molecule has 0 unspecified atom stereocenters. The number of fused-ring (bicyclic) bond motifs is 6. The fourth-order valence-electron chi connectivity index (χ4n) is 5.03. The second kappa shape index (κ2) is 6.56. The largest absolute Gasteiger partial charge is 0.309 e. The van der Waals surface area contributed by atoms with Gasteiger partial charge in [-0.2, -0.15) is 0 Å². The normalized spacial score (nSPS) is 11.8. The molecule has 0 saturated carbocycles. The van der Waals surface area contributed by atoms with Crippen LogP contribution in [0.4, 0.5) is 0 Å². The molecule has 3 aromatic heterocycles. The zero-order valence-corrected chi connectivity index (χ0v) is 17.3. The molecule has 150 valence electrons. The number of nitrogens with zero attached hydrogens (tertiary/aromatic N) is 3. The van der Waals surface area contributed by atoms with Crippen LogP contribution in [0.1, 0.15) is 0 Å². The Morgan fingerprint density at radius 3 is 1.59 bits per heavy atom. The molecule has 0 N–H and O–H groups in total. The van der Waals surface area contributed by atoms with Crippen molar-refractivity contribution in [3.63, 3.8) is 0 Å². The number of aromatic nitrogens is 3. The van der Waals surface area contributed by atoms with E-state index in [1.807, 2.05) is 12.3 Å². The molecule has 0 spiro atoms. The van der Waals surface area contributed by atoms with Crippen molar-refractivity contribution >= 4 is 43.7 Å². The van der Waals surface area contributed by atoms with Gasteiger partial charge in [-0.3, -0.25) is 4.57 Å².